The average molecular weight is 301 g/mol. The van der Waals surface area contributed by atoms with E-state index >= 15 is 0 Å². The zero-order valence-electron chi connectivity index (χ0n) is 10.5. The maximum absolute atomic E-state index is 5.77. The van der Waals surface area contributed by atoms with Crippen LogP contribution in [0, 0.1) is 11.8 Å². The highest BCUT2D eigenvalue weighted by molar-refractivity contribution is 9.10. The Kier molecular flexibility index (Phi) is 4.22. The van der Waals surface area contributed by atoms with E-state index in [1.165, 1.54) is 25.0 Å². The topological polar surface area (TPSA) is 55.9 Å². The molecule has 0 bridgehead atoms. The van der Waals surface area contributed by atoms with Crippen LogP contribution in [0.5, 0.6) is 0 Å². The van der Waals surface area contributed by atoms with Gasteiger partial charge in [0.15, 0.2) is 0 Å². The highest BCUT2D eigenvalue weighted by Crippen LogP contribution is 2.40. The Balaban J connectivity index is 2.25. The molecule has 0 aliphatic heterocycles. The molecule has 0 radical (unpaired) electrons. The van der Waals surface area contributed by atoms with Gasteiger partial charge in [-0.05, 0) is 47.5 Å². The highest BCUT2D eigenvalue weighted by Gasteiger charge is 2.32. The first-order chi connectivity index (χ1) is 8.17. The Hall–Kier alpha value is -0.390. The van der Waals surface area contributed by atoms with Crippen molar-refractivity contribution < 1.29 is 0 Å². The summed E-state index contributed by atoms with van der Waals surface area (Å²) in [6, 6.07) is 0.205. The predicted molar refractivity (Wildman–Crippen MR) is 72.2 cm³/mol. The number of nitrogens with two attached hydrogens (primary N) is 1. The van der Waals surface area contributed by atoms with Gasteiger partial charge in [-0.2, -0.15) is 5.10 Å². The van der Waals surface area contributed by atoms with Crippen LogP contribution in [0.3, 0.4) is 0 Å². The molecule has 96 valence electrons. The summed E-state index contributed by atoms with van der Waals surface area (Å²) >= 11 is 3.58. The predicted octanol–water partition coefficient (Wildman–Crippen LogP) is 2.61. The lowest BCUT2D eigenvalue weighted by Crippen LogP contribution is -2.34. The van der Waals surface area contributed by atoms with E-state index in [9.17, 15) is 0 Å². The second kappa shape index (κ2) is 5.50. The van der Waals surface area contributed by atoms with Gasteiger partial charge in [0.05, 0.1) is 22.4 Å². The van der Waals surface area contributed by atoms with Crippen LogP contribution in [0.4, 0.5) is 0 Å². The van der Waals surface area contributed by atoms with E-state index in [1.54, 1.807) is 0 Å². The molecule has 1 aliphatic carbocycles. The summed E-state index contributed by atoms with van der Waals surface area (Å²) in [6.45, 7) is 5.30. The molecule has 1 aliphatic rings. The molecule has 4 nitrogen and oxygen atoms in total. The van der Waals surface area contributed by atoms with Crippen LogP contribution >= 0.6 is 15.9 Å². The molecule has 3 atom stereocenters. The van der Waals surface area contributed by atoms with E-state index in [0.717, 1.165) is 16.9 Å². The van der Waals surface area contributed by atoms with Crippen molar-refractivity contribution in [2.24, 2.45) is 17.7 Å². The van der Waals surface area contributed by atoms with E-state index in [0.29, 0.717) is 5.92 Å². The average Bonchev–Trinajstić information content (AvgIpc) is 2.89. The Morgan fingerprint density at radius 1 is 1.65 bits per heavy atom. The van der Waals surface area contributed by atoms with Crippen LogP contribution in [0.1, 0.15) is 44.8 Å². The van der Waals surface area contributed by atoms with Gasteiger partial charge in [-0.1, -0.05) is 13.3 Å². The molecule has 1 fully saturated rings. The van der Waals surface area contributed by atoms with Gasteiger partial charge in [-0.25, -0.2) is 0 Å². The van der Waals surface area contributed by atoms with Crippen molar-refractivity contribution in [2.45, 2.75) is 45.7 Å². The summed E-state index contributed by atoms with van der Waals surface area (Å²) < 4.78 is 3.08. The van der Waals surface area contributed by atoms with E-state index in [-0.39, 0.29) is 6.04 Å². The van der Waals surface area contributed by atoms with Gasteiger partial charge in [0, 0.05) is 6.54 Å². The third kappa shape index (κ3) is 2.56. The molecule has 2 rings (SSSR count). The number of aromatic nitrogens is 2. The molecule has 0 aromatic carbocycles. The van der Waals surface area contributed by atoms with Crippen LogP contribution in [0.2, 0.25) is 0 Å². The van der Waals surface area contributed by atoms with Crippen molar-refractivity contribution in [2.75, 3.05) is 0 Å². The summed E-state index contributed by atoms with van der Waals surface area (Å²) in [6.07, 6.45) is 5.66. The van der Waals surface area contributed by atoms with Crippen molar-refractivity contribution in [3.8, 4) is 0 Å². The molecule has 1 heterocycles. The summed E-state index contributed by atoms with van der Waals surface area (Å²) in [5.41, 5.74) is 4.18. The van der Waals surface area contributed by atoms with Crippen molar-refractivity contribution in [1.29, 1.82) is 0 Å². The minimum atomic E-state index is 0.205. The lowest BCUT2D eigenvalue weighted by Gasteiger charge is -2.24. The van der Waals surface area contributed by atoms with E-state index < -0.39 is 0 Å². The van der Waals surface area contributed by atoms with Gasteiger partial charge in [0.25, 0.3) is 0 Å². The number of hydrogen-bond acceptors (Lipinski definition) is 3. The molecule has 1 aromatic rings. The van der Waals surface area contributed by atoms with Gasteiger partial charge < -0.3 is 0 Å². The van der Waals surface area contributed by atoms with E-state index in [4.69, 9.17) is 5.84 Å². The van der Waals surface area contributed by atoms with Gasteiger partial charge in [0.1, 0.15) is 0 Å². The van der Waals surface area contributed by atoms with Crippen LogP contribution in [-0.4, -0.2) is 9.78 Å². The summed E-state index contributed by atoms with van der Waals surface area (Å²) in [4.78, 5) is 0. The molecule has 17 heavy (non-hydrogen) atoms. The maximum atomic E-state index is 5.77. The minimum absolute atomic E-state index is 0.205. The Morgan fingerprint density at radius 2 is 2.41 bits per heavy atom. The third-order valence-corrected chi connectivity index (χ3v) is 4.42. The molecule has 0 spiro atoms. The molecular weight excluding hydrogens is 280 g/mol. The SMILES string of the molecule is CCn1ncc(Br)c1C(NN)C1CCC(C)C1. The number of nitrogens with zero attached hydrogens (tertiary/aromatic N) is 2. The van der Waals surface area contributed by atoms with Gasteiger partial charge in [-0.15, -0.1) is 0 Å². The molecular formula is C12H21BrN4. The maximum Gasteiger partial charge on any atom is 0.0711 e. The molecule has 3 unspecified atom stereocenters. The van der Waals surface area contributed by atoms with Crippen LogP contribution in [-0.2, 0) is 6.54 Å². The molecule has 3 N–H and O–H groups in total. The zero-order valence-corrected chi connectivity index (χ0v) is 12.1. The Labute approximate surface area is 111 Å². The first kappa shape index (κ1) is 13.1. The molecule has 0 amide bonds. The summed E-state index contributed by atoms with van der Waals surface area (Å²) in [5, 5.41) is 4.37. The van der Waals surface area contributed by atoms with Gasteiger partial charge in [-0.3, -0.25) is 16.0 Å². The normalized spacial score (nSPS) is 26.4. The number of halogens is 1. The van der Waals surface area contributed by atoms with E-state index in [1.807, 2.05) is 10.9 Å². The first-order valence-electron chi connectivity index (χ1n) is 6.34. The summed E-state index contributed by atoms with van der Waals surface area (Å²) in [5.74, 6) is 7.20. The summed E-state index contributed by atoms with van der Waals surface area (Å²) in [7, 11) is 0. The number of rotatable bonds is 4. The van der Waals surface area contributed by atoms with Crippen LogP contribution < -0.4 is 11.3 Å². The third-order valence-electron chi connectivity index (χ3n) is 3.81. The number of hydrogen-bond donors (Lipinski definition) is 2. The number of hydrazine groups is 1. The molecule has 5 heteroatoms. The van der Waals surface area contributed by atoms with Crippen molar-refractivity contribution in [3.63, 3.8) is 0 Å². The standard InChI is InChI=1S/C12H21BrN4/c1-3-17-12(10(13)7-15-17)11(16-14)9-5-4-8(2)6-9/h7-9,11,16H,3-6,14H2,1-2H3. The first-order valence-corrected chi connectivity index (χ1v) is 7.14. The second-order valence-electron chi connectivity index (χ2n) is 5.02. The van der Waals surface area contributed by atoms with Crippen molar-refractivity contribution in [3.05, 3.63) is 16.4 Å². The van der Waals surface area contributed by atoms with Crippen LogP contribution in [0.15, 0.2) is 10.7 Å². The number of nitrogens with one attached hydrogen (secondary N) is 1. The fraction of sp³-hybridized carbons (Fsp3) is 0.750. The minimum Gasteiger partial charge on any atom is -0.271 e. The van der Waals surface area contributed by atoms with Crippen molar-refractivity contribution >= 4 is 15.9 Å². The zero-order chi connectivity index (χ0) is 12.4. The molecule has 0 saturated heterocycles. The highest BCUT2D eigenvalue weighted by atomic mass is 79.9. The molecule has 1 saturated carbocycles. The van der Waals surface area contributed by atoms with Gasteiger partial charge >= 0.3 is 0 Å². The Bertz CT molecular complexity index is 377. The molecule has 1 aromatic heterocycles. The van der Waals surface area contributed by atoms with E-state index in [2.05, 4.69) is 40.3 Å². The largest absolute Gasteiger partial charge is 0.271 e. The Morgan fingerprint density at radius 3 is 2.94 bits per heavy atom. The fourth-order valence-electron chi connectivity index (χ4n) is 2.93. The van der Waals surface area contributed by atoms with Crippen molar-refractivity contribution in [1.82, 2.24) is 15.2 Å². The monoisotopic (exact) mass is 300 g/mol. The quantitative estimate of drug-likeness (QED) is 0.664. The smallest absolute Gasteiger partial charge is 0.0711 e. The lowest BCUT2D eigenvalue weighted by atomic mass is 9.95. The second-order valence-corrected chi connectivity index (χ2v) is 5.87. The lowest BCUT2D eigenvalue weighted by molar-refractivity contribution is 0.342. The fourth-order valence-corrected chi connectivity index (χ4v) is 3.47. The van der Waals surface area contributed by atoms with Crippen LogP contribution in [0.25, 0.3) is 0 Å². The van der Waals surface area contributed by atoms with Gasteiger partial charge in [0.2, 0.25) is 0 Å². The number of aryl methyl sites for hydroxylation is 1.